The number of nitrogens with one attached hydrogen (secondary N) is 1. The predicted octanol–water partition coefficient (Wildman–Crippen LogP) is 2.27. The Morgan fingerprint density at radius 3 is 2.31 bits per heavy atom. The number of rotatable bonds is 10. The Morgan fingerprint density at radius 2 is 1.75 bits per heavy atom. The maximum absolute atomic E-state index is 13.0. The van der Waals surface area contributed by atoms with Crippen LogP contribution in [0.3, 0.4) is 0 Å². The molecule has 32 heavy (non-hydrogen) atoms. The summed E-state index contributed by atoms with van der Waals surface area (Å²) in [5.74, 6) is -0.211. The van der Waals surface area contributed by atoms with Crippen molar-refractivity contribution in [2.24, 2.45) is 0 Å². The number of hydrogen-bond donors (Lipinski definition) is 1. The lowest BCUT2D eigenvalue weighted by atomic mass is 10.1. The summed E-state index contributed by atoms with van der Waals surface area (Å²) in [6, 6.07) is 13.4. The van der Waals surface area contributed by atoms with Crippen LogP contribution in [0.25, 0.3) is 0 Å². The molecule has 0 unspecified atom stereocenters. The summed E-state index contributed by atoms with van der Waals surface area (Å²) in [6.07, 6.45) is 1.02. The van der Waals surface area contributed by atoms with Gasteiger partial charge in [0.15, 0.2) is 0 Å². The lowest BCUT2D eigenvalue weighted by Crippen LogP contribution is -2.50. The fraction of sp³-hybridized carbons (Fsp3) is 0.364. The smallest absolute Gasteiger partial charge is 0.242 e. The largest absolute Gasteiger partial charge is 0.497 e. The summed E-state index contributed by atoms with van der Waals surface area (Å²) >= 11 is 6.14. The first-order valence-corrected chi connectivity index (χ1v) is 12.1. The number of ether oxygens (including phenoxy) is 1. The molecule has 0 saturated heterocycles. The quantitative estimate of drug-likeness (QED) is 0.561. The molecule has 0 aliphatic heterocycles. The molecule has 10 heteroatoms. The molecule has 0 fully saturated rings. The molecule has 2 aromatic carbocycles. The third kappa shape index (κ3) is 7.22. The van der Waals surface area contributed by atoms with Gasteiger partial charge in [-0.15, -0.1) is 0 Å². The van der Waals surface area contributed by atoms with Crippen molar-refractivity contribution in [2.75, 3.05) is 27.0 Å². The summed E-state index contributed by atoms with van der Waals surface area (Å²) in [5, 5.41) is 3.32. The minimum absolute atomic E-state index is 0.126. The van der Waals surface area contributed by atoms with E-state index in [1.54, 1.807) is 56.5 Å². The number of carbonyl (C=O) groups is 2. The van der Waals surface area contributed by atoms with Gasteiger partial charge in [0.25, 0.3) is 0 Å². The van der Waals surface area contributed by atoms with E-state index in [-0.39, 0.29) is 25.5 Å². The second-order valence-corrected chi connectivity index (χ2v) is 9.87. The van der Waals surface area contributed by atoms with Crippen LogP contribution in [0.5, 0.6) is 5.75 Å². The molecule has 2 rings (SSSR count). The first-order valence-electron chi connectivity index (χ1n) is 9.87. The number of likely N-dealkylation sites (N-methyl/N-ethyl adjacent to an activating group) is 1. The van der Waals surface area contributed by atoms with Crippen LogP contribution in [-0.4, -0.2) is 62.4 Å². The highest BCUT2D eigenvalue weighted by Crippen LogP contribution is 2.17. The van der Waals surface area contributed by atoms with Crippen molar-refractivity contribution in [1.29, 1.82) is 0 Å². The van der Waals surface area contributed by atoms with E-state index in [1.165, 1.54) is 11.9 Å². The third-order valence-electron chi connectivity index (χ3n) is 5.01. The Hall–Kier alpha value is -2.62. The Bertz CT molecular complexity index is 1040. The van der Waals surface area contributed by atoms with Gasteiger partial charge in [0.05, 0.1) is 19.9 Å². The Balaban J connectivity index is 2.19. The Morgan fingerprint density at radius 1 is 1.12 bits per heavy atom. The molecule has 0 heterocycles. The molecule has 0 aliphatic carbocycles. The van der Waals surface area contributed by atoms with E-state index < -0.39 is 22.0 Å². The molecule has 0 aromatic heterocycles. The topological polar surface area (TPSA) is 96.0 Å². The number of nitrogens with zero attached hydrogens (tertiary/aromatic N) is 2. The maximum atomic E-state index is 13.0. The van der Waals surface area contributed by atoms with Gasteiger partial charge < -0.3 is 15.0 Å². The summed E-state index contributed by atoms with van der Waals surface area (Å²) in [5.41, 5.74) is 1.52. The second kappa shape index (κ2) is 11.3. The molecule has 1 N–H and O–H groups in total. The molecule has 2 amide bonds. The molecule has 2 aromatic rings. The van der Waals surface area contributed by atoms with E-state index in [1.807, 2.05) is 6.07 Å². The van der Waals surface area contributed by atoms with Crippen LogP contribution in [0, 0.1) is 0 Å². The van der Waals surface area contributed by atoms with Crippen molar-refractivity contribution in [3.05, 3.63) is 64.7 Å². The van der Waals surface area contributed by atoms with Gasteiger partial charge in [0.2, 0.25) is 21.8 Å². The fourth-order valence-electron chi connectivity index (χ4n) is 2.88. The van der Waals surface area contributed by atoms with Gasteiger partial charge in [-0.25, -0.2) is 8.42 Å². The number of amides is 2. The van der Waals surface area contributed by atoms with E-state index in [4.69, 9.17) is 16.3 Å². The van der Waals surface area contributed by atoms with Gasteiger partial charge in [-0.2, -0.15) is 4.31 Å². The average Bonchev–Trinajstić information content (AvgIpc) is 2.75. The van der Waals surface area contributed by atoms with Crippen molar-refractivity contribution >= 4 is 33.4 Å². The summed E-state index contributed by atoms with van der Waals surface area (Å²) in [7, 11) is -0.683. The first-order chi connectivity index (χ1) is 15.0. The summed E-state index contributed by atoms with van der Waals surface area (Å²) < 4.78 is 29.6. The minimum Gasteiger partial charge on any atom is -0.497 e. The number of halogens is 1. The molecule has 8 nitrogen and oxygen atoms in total. The van der Waals surface area contributed by atoms with Crippen LogP contribution in [0.1, 0.15) is 18.1 Å². The average molecular weight is 482 g/mol. The van der Waals surface area contributed by atoms with Gasteiger partial charge in [-0.3, -0.25) is 9.59 Å². The highest BCUT2D eigenvalue weighted by Gasteiger charge is 2.28. The van der Waals surface area contributed by atoms with Crippen molar-refractivity contribution in [2.45, 2.75) is 26.1 Å². The van der Waals surface area contributed by atoms with Gasteiger partial charge in [0, 0.05) is 25.2 Å². The minimum atomic E-state index is -3.56. The zero-order valence-electron chi connectivity index (χ0n) is 18.5. The highest BCUT2D eigenvalue weighted by molar-refractivity contribution is 7.88. The van der Waals surface area contributed by atoms with Crippen LogP contribution >= 0.6 is 11.6 Å². The Labute approximate surface area is 194 Å². The predicted molar refractivity (Wildman–Crippen MR) is 124 cm³/mol. The van der Waals surface area contributed by atoms with E-state index in [9.17, 15) is 18.0 Å². The zero-order valence-corrected chi connectivity index (χ0v) is 20.1. The van der Waals surface area contributed by atoms with Crippen LogP contribution < -0.4 is 10.1 Å². The van der Waals surface area contributed by atoms with Gasteiger partial charge in [-0.1, -0.05) is 41.9 Å². The number of sulfonamides is 1. The molecule has 174 valence electrons. The third-order valence-corrected chi connectivity index (χ3v) is 6.64. The summed E-state index contributed by atoms with van der Waals surface area (Å²) in [4.78, 5) is 27.2. The number of methoxy groups -OCH3 is 1. The monoisotopic (exact) mass is 481 g/mol. The van der Waals surface area contributed by atoms with Gasteiger partial charge in [-0.05, 0) is 36.2 Å². The first kappa shape index (κ1) is 25.6. The van der Waals surface area contributed by atoms with Crippen LogP contribution in [0.2, 0.25) is 5.02 Å². The van der Waals surface area contributed by atoms with E-state index >= 15 is 0 Å². The number of hydrogen-bond acceptors (Lipinski definition) is 5. The second-order valence-electron chi connectivity index (χ2n) is 7.37. The molecule has 0 radical (unpaired) electrons. The lowest BCUT2D eigenvalue weighted by molar-refractivity contribution is -0.140. The van der Waals surface area contributed by atoms with Crippen molar-refractivity contribution < 1.29 is 22.7 Å². The van der Waals surface area contributed by atoms with Crippen LogP contribution in [0.15, 0.2) is 48.5 Å². The molecule has 1 atom stereocenters. The SMILES string of the molecule is COc1ccc(CN(C(=O)CN(C)S(C)(=O)=O)[C@H](C)C(=O)NCc2ccccc2Cl)cc1. The molecule has 0 aliphatic rings. The van der Waals surface area contributed by atoms with E-state index in [2.05, 4.69) is 5.32 Å². The number of benzene rings is 2. The highest BCUT2D eigenvalue weighted by atomic mass is 35.5. The van der Waals surface area contributed by atoms with Gasteiger partial charge in [0.1, 0.15) is 11.8 Å². The number of carbonyl (C=O) groups excluding carboxylic acids is 2. The maximum Gasteiger partial charge on any atom is 0.242 e. The van der Waals surface area contributed by atoms with Crippen molar-refractivity contribution in [1.82, 2.24) is 14.5 Å². The van der Waals surface area contributed by atoms with Gasteiger partial charge >= 0.3 is 0 Å². The Kier molecular flexibility index (Phi) is 9.06. The lowest BCUT2D eigenvalue weighted by Gasteiger charge is -2.30. The van der Waals surface area contributed by atoms with Crippen LogP contribution in [-0.2, 0) is 32.7 Å². The molecule has 0 saturated carbocycles. The molecule has 0 bridgehead atoms. The van der Waals surface area contributed by atoms with Crippen molar-refractivity contribution in [3.63, 3.8) is 0 Å². The standard InChI is InChI=1S/C22H28ClN3O5S/c1-16(22(28)24-13-18-7-5-6-8-20(18)23)26(21(27)15-25(2)32(4,29)30)14-17-9-11-19(31-3)12-10-17/h5-12,16H,13-15H2,1-4H3,(H,24,28)/t16-/m1/s1. The normalized spacial score (nSPS) is 12.3. The van der Waals surface area contributed by atoms with E-state index in [0.717, 1.165) is 21.7 Å². The zero-order chi connectivity index (χ0) is 23.9. The summed E-state index contributed by atoms with van der Waals surface area (Å²) in [6.45, 7) is 1.55. The van der Waals surface area contributed by atoms with Crippen molar-refractivity contribution in [3.8, 4) is 5.75 Å². The van der Waals surface area contributed by atoms with E-state index in [0.29, 0.717) is 10.8 Å². The molecular weight excluding hydrogens is 454 g/mol. The molecular formula is C22H28ClN3O5S. The fourth-order valence-corrected chi connectivity index (χ4v) is 3.43. The van der Waals surface area contributed by atoms with Crippen LogP contribution in [0.4, 0.5) is 0 Å². The molecule has 0 spiro atoms.